The van der Waals surface area contributed by atoms with Gasteiger partial charge in [0.2, 0.25) is 5.52 Å². The quantitative estimate of drug-likeness (QED) is 0.728. The van der Waals surface area contributed by atoms with Crippen LogP contribution < -0.4 is 9.13 Å². The van der Waals surface area contributed by atoms with Crippen molar-refractivity contribution < 1.29 is 19.3 Å². The van der Waals surface area contributed by atoms with Crippen molar-refractivity contribution in [1.82, 2.24) is 0 Å². The molecule has 0 radical (unpaired) electrons. The number of fused-ring (bicyclic) bond motifs is 1. The summed E-state index contributed by atoms with van der Waals surface area (Å²) in [5.41, 5.74) is 3.13. The predicted molar refractivity (Wildman–Crippen MR) is 83.6 cm³/mol. The lowest BCUT2D eigenvalue weighted by molar-refractivity contribution is -0.817. The summed E-state index contributed by atoms with van der Waals surface area (Å²) in [5.74, 6) is 0.0941. The molecule has 3 rings (SSSR count). The normalized spacial score (nSPS) is 11.0. The minimum atomic E-state index is 0.0574. The zero-order valence-corrected chi connectivity index (χ0v) is 12.8. The van der Waals surface area contributed by atoms with Crippen molar-refractivity contribution in [3.63, 3.8) is 0 Å². The van der Waals surface area contributed by atoms with Crippen molar-refractivity contribution in [3.8, 4) is 11.9 Å². The average molecular weight is 296 g/mol. The van der Waals surface area contributed by atoms with Gasteiger partial charge in [-0.05, 0) is 25.5 Å². The Labute approximate surface area is 129 Å². The van der Waals surface area contributed by atoms with E-state index < -0.39 is 0 Å². The van der Waals surface area contributed by atoms with Crippen LogP contribution in [0.15, 0.2) is 48.5 Å². The van der Waals surface area contributed by atoms with Gasteiger partial charge in [-0.2, -0.15) is 0 Å². The van der Waals surface area contributed by atoms with Crippen LogP contribution in [-0.2, 0) is 13.1 Å². The van der Waals surface area contributed by atoms with Crippen molar-refractivity contribution >= 4 is 10.9 Å². The van der Waals surface area contributed by atoms with Crippen LogP contribution in [0.2, 0.25) is 0 Å². The first-order chi connectivity index (χ1) is 10.6. The second-order valence-corrected chi connectivity index (χ2v) is 5.40. The van der Waals surface area contributed by atoms with E-state index in [1.807, 2.05) is 47.9 Å². The Morgan fingerprint density at radius 2 is 1.59 bits per heavy atom. The first-order valence-corrected chi connectivity index (χ1v) is 7.44. The summed E-state index contributed by atoms with van der Waals surface area (Å²) in [6.45, 7) is 5.01. The molecule has 0 saturated heterocycles. The molecule has 3 aromatic rings. The van der Waals surface area contributed by atoms with Gasteiger partial charge in [-0.15, -0.1) is 0 Å². The molecule has 2 aromatic carbocycles. The van der Waals surface area contributed by atoms with E-state index in [0.717, 1.165) is 16.5 Å². The van der Waals surface area contributed by atoms with Crippen LogP contribution in [0, 0.1) is 6.92 Å². The van der Waals surface area contributed by atoms with Gasteiger partial charge < -0.3 is 10.2 Å². The zero-order valence-electron chi connectivity index (χ0n) is 12.8. The van der Waals surface area contributed by atoms with E-state index in [0.29, 0.717) is 13.1 Å². The molecule has 0 fully saturated rings. The third kappa shape index (κ3) is 2.26. The topological polar surface area (TPSA) is 48.2 Å². The van der Waals surface area contributed by atoms with Gasteiger partial charge in [-0.25, -0.2) is 0 Å². The number of aromatic nitrogens is 2. The van der Waals surface area contributed by atoms with E-state index in [1.165, 1.54) is 10.1 Å². The second kappa shape index (κ2) is 5.64. The van der Waals surface area contributed by atoms with E-state index in [-0.39, 0.29) is 11.9 Å². The Hall–Kier alpha value is -2.62. The summed E-state index contributed by atoms with van der Waals surface area (Å²) in [6.07, 6.45) is 0. The third-order valence-electron chi connectivity index (χ3n) is 4.08. The van der Waals surface area contributed by atoms with Crippen LogP contribution in [0.5, 0.6) is 11.9 Å². The predicted octanol–water partition coefficient (Wildman–Crippen LogP) is 2.20. The molecule has 0 spiro atoms. The molecule has 0 aliphatic rings. The minimum Gasteiger partial charge on any atom is -0.459 e. The summed E-state index contributed by atoms with van der Waals surface area (Å²) < 4.78 is 3.35. The molecule has 4 heteroatoms. The second-order valence-electron chi connectivity index (χ2n) is 5.40. The van der Waals surface area contributed by atoms with Gasteiger partial charge in [-0.3, -0.25) is 0 Å². The lowest BCUT2D eigenvalue weighted by Crippen LogP contribution is -2.48. The summed E-state index contributed by atoms with van der Waals surface area (Å²) in [4.78, 5) is 0. The molecule has 2 N–H and O–H groups in total. The fourth-order valence-electron chi connectivity index (χ4n) is 2.80. The lowest BCUT2D eigenvalue weighted by atomic mass is 10.1. The molecular weight excluding hydrogens is 276 g/mol. The molecule has 0 bridgehead atoms. The van der Waals surface area contributed by atoms with Crippen LogP contribution in [0.4, 0.5) is 0 Å². The molecule has 112 valence electrons. The molecule has 22 heavy (non-hydrogen) atoms. The Balaban J connectivity index is 2.26. The van der Waals surface area contributed by atoms with Crippen molar-refractivity contribution in [1.29, 1.82) is 0 Å². The summed E-state index contributed by atoms with van der Waals surface area (Å²) in [5, 5.41) is 21.7. The summed E-state index contributed by atoms with van der Waals surface area (Å²) >= 11 is 0. The number of hydrogen-bond acceptors (Lipinski definition) is 2. The molecule has 0 amide bonds. The maximum atomic E-state index is 10.6. The van der Waals surface area contributed by atoms with Crippen LogP contribution in [0.3, 0.4) is 0 Å². The fraction of sp³-hybridized carbons (Fsp3) is 0.222. The highest BCUT2D eigenvalue weighted by molar-refractivity contribution is 5.79. The number of aryl methyl sites for hydroxylation is 1. The number of aromatic hydroxyl groups is 2. The SMILES string of the molecule is CC[n+]1c(O)c2ccccc2[n+](Cc2ccccc2C)c1O. The Morgan fingerprint density at radius 1 is 0.909 bits per heavy atom. The van der Waals surface area contributed by atoms with Gasteiger partial charge in [0.15, 0.2) is 18.5 Å². The first-order valence-electron chi connectivity index (χ1n) is 7.44. The number of nitrogens with zero attached hydrogens (tertiary/aromatic N) is 2. The van der Waals surface area contributed by atoms with Crippen LogP contribution >= 0.6 is 0 Å². The lowest BCUT2D eigenvalue weighted by Gasteiger charge is -2.06. The Kier molecular flexibility index (Phi) is 3.67. The highest BCUT2D eigenvalue weighted by atomic mass is 16.3. The van der Waals surface area contributed by atoms with Gasteiger partial charge in [0, 0.05) is 11.6 Å². The molecule has 0 aliphatic carbocycles. The van der Waals surface area contributed by atoms with Gasteiger partial charge in [0.25, 0.3) is 0 Å². The van der Waals surface area contributed by atoms with Crippen LogP contribution in [-0.4, -0.2) is 10.2 Å². The van der Waals surface area contributed by atoms with Crippen molar-refractivity contribution in [2.45, 2.75) is 26.9 Å². The van der Waals surface area contributed by atoms with Crippen LogP contribution in [0.1, 0.15) is 18.1 Å². The zero-order chi connectivity index (χ0) is 15.7. The number of hydrogen-bond donors (Lipinski definition) is 2. The largest absolute Gasteiger partial charge is 0.632 e. The third-order valence-corrected chi connectivity index (χ3v) is 4.08. The van der Waals surface area contributed by atoms with E-state index in [2.05, 4.69) is 19.1 Å². The Morgan fingerprint density at radius 3 is 2.32 bits per heavy atom. The highest BCUT2D eigenvalue weighted by Crippen LogP contribution is 2.21. The summed E-state index contributed by atoms with van der Waals surface area (Å²) in [7, 11) is 0. The number of para-hydroxylation sites is 1. The molecule has 1 heterocycles. The van der Waals surface area contributed by atoms with E-state index in [1.54, 1.807) is 0 Å². The molecule has 0 saturated carbocycles. The van der Waals surface area contributed by atoms with Gasteiger partial charge >= 0.3 is 11.9 Å². The van der Waals surface area contributed by atoms with E-state index >= 15 is 0 Å². The van der Waals surface area contributed by atoms with Crippen molar-refractivity contribution in [2.75, 3.05) is 0 Å². The summed E-state index contributed by atoms with van der Waals surface area (Å²) in [6, 6.07) is 15.7. The van der Waals surface area contributed by atoms with Gasteiger partial charge in [-0.1, -0.05) is 45.5 Å². The maximum Gasteiger partial charge on any atom is 0.632 e. The van der Waals surface area contributed by atoms with Crippen molar-refractivity contribution in [2.24, 2.45) is 0 Å². The smallest absolute Gasteiger partial charge is 0.459 e. The van der Waals surface area contributed by atoms with E-state index in [9.17, 15) is 10.2 Å². The monoisotopic (exact) mass is 296 g/mol. The molecule has 4 nitrogen and oxygen atoms in total. The number of rotatable bonds is 3. The minimum absolute atomic E-state index is 0.0574. The Bertz CT molecular complexity index is 844. The molecule has 0 aliphatic heterocycles. The standard InChI is InChI=1S/C18H18N2O2/c1-3-19-17(21)15-10-6-7-11-16(15)20(18(19)22)12-14-9-5-4-8-13(14)2/h4-11H,3,12H2,1-2H3/p+2. The van der Waals surface area contributed by atoms with E-state index in [4.69, 9.17) is 0 Å². The molecular formula is C18H20N2O2+2. The average Bonchev–Trinajstić information content (AvgIpc) is 2.54. The highest BCUT2D eigenvalue weighted by Gasteiger charge is 2.32. The first kappa shape index (κ1) is 14.3. The molecule has 1 aromatic heterocycles. The maximum absolute atomic E-state index is 10.6. The number of benzene rings is 2. The van der Waals surface area contributed by atoms with Crippen LogP contribution in [0.25, 0.3) is 10.9 Å². The molecule has 0 atom stereocenters. The van der Waals surface area contributed by atoms with Crippen molar-refractivity contribution in [3.05, 3.63) is 59.7 Å². The van der Waals surface area contributed by atoms with Gasteiger partial charge in [0.1, 0.15) is 0 Å². The van der Waals surface area contributed by atoms with Gasteiger partial charge in [0.05, 0.1) is 0 Å². The molecule has 0 unspecified atom stereocenters. The fourth-order valence-corrected chi connectivity index (χ4v) is 2.80.